The number of nitrogens with one attached hydrogen (secondary N) is 3. The first-order valence-electron chi connectivity index (χ1n) is 10.0. The van der Waals surface area contributed by atoms with Gasteiger partial charge in [0.2, 0.25) is 0 Å². The van der Waals surface area contributed by atoms with Crippen molar-refractivity contribution in [3.05, 3.63) is 71.9 Å². The van der Waals surface area contributed by atoms with Crippen molar-refractivity contribution < 1.29 is 0 Å². The van der Waals surface area contributed by atoms with E-state index >= 15 is 0 Å². The number of hydrogen-bond donors (Lipinski definition) is 3. The van der Waals surface area contributed by atoms with Gasteiger partial charge in [0, 0.05) is 43.4 Å². The highest BCUT2D eigenvalue weighted by Gasteiger charge is 2.29. The van der Waals surface area contributed by atoms with Crippen LogP contribution in [0.4, 0.5) is 0 Å². The minimum atomic E-state index is 0.410. The SMILES string of the molecule is CN=C(NCc1cc2ccccc2[nH]1)NC1CC(C)N(Cc2ccccc2)C1. The van der Waals surface area contributed by atoms with Crippen LogP contribution in [-0.2, 0) is 13.1 Å². The van der Waals surface area contributed by atoms with Crippen molar-refractivity contribution in [1.29, 1.82) is 0 Å². The molecule has 2 unspecified atom stereocenters. The van der Waals surface area contributed by atoms with Crippen LogP contribution in [0, 0.1) is 0 Å². The Morgan fingerprint density at radius 2 is 1.93 bits per heavy atom. The highest BCUT2D eigenvalue weighted by molar-refractivity contribution is 5.82. The highest BCUT2D eigenvalue weighted by atomic mass is 15.3. The minimum absolute atomic E-state index is 0.410. The lowest BCUT2D eigenvalue weighted by molar-refractivity contribution is 0.258. The molecular formula is C23H29N5. The molecule has 0 saturated carbocycles. The molecule has 1 saturated heterocycles. The number of likely N-dealkylation sites (tertiary alicyclic amines) is 1. The molecule has 146 valence electrons. The molecule has 0 amide bonds. The predicted octanol–water partition coefficient (Wildman–Crippen LogP) is 3.50. The van der Waals surface area contributed by atoms with Crippen molar-refractivity contribution >= 4 is 16.9 Å². The second-order valence-corrected chi connectivity index (χ2v) is 7.65. The largest absolute Gasteiger partial charge is 0.357 e. The van der Waals surface area contributed by atoms with Gasteiger partial charge in [0.25, 0.3) is 0 Å². The van der Waals surface area contributed by atoms with Gasteiger partial charge in [-0.05, 0) is 36.4 Å². The van der Waals surface area contributed by atoms with Gasteiger partial charge < -0.3 is 15.6 Å². The number of fused-ring (bicyclic) bond motifs is 1. The standard InChI is InChI=1S/C23H29N5/c1-17-12-21(16-28(17)15-18-8-4-3-5-9-18)27-23(24-2)25-14-20-13-19-10-6-7-11-22(19)26-20/h3-11,13,17,21,26H,12,14-16H2,1-2H3,(H2,24,25,27). The number of aliphatic imine (C=N–C) groups is 1. The van der Waals surface area contributed by atoms with Gasteiger partial charge in [-0.1, -0.05) is 48.5 Å². The smallest absolute Gasteiger partial charge is 0.191 e. The minimum Gasteiger partial charge on any atom is -0.357 e. The maximum atomic E-state index is 4.42. The predicted molar refractivity (Wildman–Crippen MR) is 116 cm³/mol. The topological polar surface area (TPSA) is 55.5 Å². The maximum absolute atomic E-state index is 4.42. The Labute approximate surface area is 166 Å². The zero-order valence-corrected chi connectivity index (χ0v) is 16.7. The Hall–Kier alpha value is -2.79. The third-order valence-electron chi connectivity index (χ3n) is 5.53. The molecule has 2 atom stereocenters. The maximum Gasteiger partial charge on any atom is 0.191 e. The second-order valence-electron chi connectivity index (χ2n) is 7.65. The van der Waals surface area contributed by atoms with Crippen molar-refractivity contribution in [2.75, 3.05) is 13.6 Å². The first-order valence-corrected chi connectivity index (χ1v) is 10.0. The van der Waals surface area contributed by atoms with Crippen molar-refractivity contribution in [3.8, 4) is 0 Å². The van der Waals surface area contributed by atoms with Gasteiger partial charge in [-0.25, -0.2) is 0 Å². The van der Waals surface area contributed by atoms with Gasteiger partial charge in [-0.3, -0.25) is 9.89 Å². The number of aromatic nitrogens is 1. The molecule has 0 spiro atoms. The van der Waals surface area contributed by atoms with Crippen LogP contribution in [-0.4, -0.2) is 41.5 Å². The lowest BCUT2D eigenvalue weighted by Crippen LogP contribution is -2.44. The van der Waals surface area contributed by atoms with E-state index in [0.29, 0.717) is 12.1 Å². The van der Waals surface area contributed by atoms with E-state index in [4.69, 9.17) is 0 Å². The zero-order chi connectivity index (χ0) is 19.3. The molecule has 1 aliphatic rings. The quantitative estimate of drug-likeness (QED) is 0.473. The number of H-pyrrole nitrogens is 1. The summed E-state index contributed by atoms with van der Waals surface area (Å²) in [5, 5.41) is 8.28. The molecule has 5 heteroatoms. The number of aromatic amines is 1. The summed E-state index contributed by atoms with van der Waals surface area (Å²) in [6, 6.07) is 22.2. The van der Waals surface area contributed by atoms with Crippen molar-refractivity contribution in [2.24, 2.45) is 4.99 Å². The molecule has 4 rings (SSSR count). The molecule has 1 aliphatic heterocycles. The van der Waals surface area contributed by atoms with E-state index in [-0.39, 0.29) is 0 Å². The third kappa shape index (κ3) is 4.37. The summed E-state index contributed by atoms with van der Waals surface area (Å²) in [5.41, 5.74) is 3.70. The average Bonchev–Trinajstić information content (AvgIpc) is 3.28. The number of para-hydroxylation sites is 1. The molecule has 2 aromatic carbocycles. The summed E-state index contributed by atoms with van der Waals surface area (Å²) in [5.74, 6) is 0.859. The molecule has 28 heavy (non-hydrogen) atoms. The van der Waals surface area contributed by atoms with Gasteiger partial charge in [0.05, 0.1) is 6.54 Å². The summed E-state index contributed by atoms with van der Waals surface area (Å²) in [6.45, 7) is 5.07. The van der Waals surface area contributed by atoms with E-state index in [1.807, 2.05) is 7.05 Å². The van der Waals surface area contributed by atoms with Gasteiger partial charge in [0.15, 0.2) is 5.96 Å². The summed E-state index contributed by atoms with van der Waals surface area (Å²) >= 11 is 0. The zero-order valence-electron chi connectivity index (χ0n) is 16.7. The fraction of sp³-hybridized carbons (Fsp3) is 0.348. The van der Waals surface area contributed by atoms with E-state index < -0.39 is 0 Å². The monoisotopic (exact) mass is 375 g/mol. The molecule has 0 aliphatic carbocycles. The Kier molecular flexibility index (Phi) is 5.63. The fourth-order valence-corrected chi connectivity index (χ4v) is 4.04. The number of hydrogen-bond acceptors (Lipinski definition) is 2. The van der Waals surface area contributed by atoms with E-state index in [2.05, 4.69) is 93.1 Å². The summed E-state index contributed by atoms with van der Waals surface area (Å²) in [4.78, 5) is 10.4. The Balaban J connectivity index is 1.31. The molecule has 3 N–H and O–H groups in total. The van der Waals surface area contributed by atoms with Crippen molar-refractivity contribution in [3.63, 3.8) is 0 Å². The second kappa shape index (κ2) is 8.48. The van der Waals surface area contributed by atoms with Crippen LogP contribution in [0.15, 0.2) is 65.7 Å². The Morgan fingerprint density at radius 1 is 1.14 bits per heavy atom. The number of benzene rings is 2. The van der Waals surface area contributed by atoms with Gasteiger partial charge in [-0.15, -0.1) is 0 Å². The third-order valence-corrected chi connectivity index (χ3v) is 5.53. The van der Waals surface area contributed by atoms with Crippen molar-refractivity contribution in [2.45, 2.75) is 38.5 Å². The number of nitrogens with zero attached hydrogens (tertiary/aromatic N) is 2. The Bertz CT molecular complexity index is 897. The normalized spacial score (nSPS) is 20.6. The molecule has 2 heterocycles. The van der Waals surface area contributed by atoms with Gasteiger partial charge >= 0.3 is 0 Å². The van der Waals surface area contributed by atoms with E-state index in [0.717, 1.165) is 37.7 Å². The fourth-order valence-electron chi connectivity index (χ4n) is 4.04. The molecule has 3 aromatic rings. The van der Waals surface area contributed by atoms with Crippen LogP contribution in [0.2, 0.25) is 0 Å². The summed E-state index contributed by atoms with van der Waals surface area (Å²) < 4.78 is 0. The average molecular weight is 376 g/mol. The lowest BCUT2D eigenvalue weighted by Gasteiger charge is -2.21. The van der Waals surface area contributed by atoms with E-state index in [1.165, 1.54) is 16.5 Å². The molecular weight excluding hydrogens is 346 g/mol. The molecule has 1 aromatic heterocycles. The van der Waals surface area contributed by atoms with Crippen LogP contribution < -0.4 is 10.6 Å². The van der Waals surface area contributed by atoms with E-state index in [1.54, 1.807) is 0 Å². The van der Waals surface area contributed by atoms with Gasteiger partial charge in [0.1, 0.15) is 0 Å². The van der Waals surface area contributed by atoms with Crippen LogP contribution in [0.25, 0.3) is 10.9 Å². The molecule has 0 radical (unpaired) electrons. The van der Waals surface area contributed by atoms with Crippen LogP contribution in [0.5, 0.6) is 0 Å². The number of rotatable bonds is 5. The number of guanidine groups is 1. The lowest BCUT2D eigenvalue weighted by atomic mass is 10.2. The van der Waals surface area contributed by atoms with Crippen LogP contribution in [0.1, 0.15) is 24.6 Å². The molecule has 1 fully saturated rings. The highest BCUT2D eigenvalue weighted by Crippen LogP contribution is 2.20. The first-order chi connectivity index (χ1) is 13.7. The summed E-state index contributed by atoms with van der Waals surface area (Å²) in [7, 11) is 1.83. The molecule has 5 nitrogen and oxygen atoms in total. The first kappa shape index (κ1) is 18.6. The van der Waals surface area contributed by atoms with Crippen LogP contribution >= 0.6 is 0 Å². The van der Waals surface area contributed by atoms with Crippen molar-refractivity contribution in [1.82, 2.24) is 20.5 Å². The van der Waals surface area contributed by atoms with Gasteiger partial charge in [-0.2, -0.15) is 0 Å². The summed E-state index contributed by atoms with van der Waals surface area (Å²) in [6.07, 6.45) is 1.12. The van der Waals surface area contributed by atoms with E-state index in [9.17, 15) is 0 Å². The Morgan fingerprint density at radius 3 is 2.71 bits per heavy atom. The molecule has 0 bridgehead atoms. The van der Waals surface area contributed by atoms with Crippen LogP contribution in [0.3, 0.4) is 0 Å².